The molecule has 3 heterocycles. The first kappa shape index (κ1) is 26.1. The molecule has 5 rings (SSSR count). The molecule has 2 aromatic heterocycles. The third kappa shape index (κ3) is 4.89. The van der Waals surface area contributed by atoms with Crippen LogP contribution in [0.15, 0.2) is 54.9 Å². The van der Waals surface area contributed by atoms with E-state index in [1.165, 1.54) is 20.2 Å². The standard InChI is InChI=1S/C29H30FN7O2/c1-31-21-9-6-19(7-10-21)26-25(20-8-11-24(23(30)18-20)35(4)29(38)39-5)27-32-14-17-37(27)28(33-26)36-15-12-22(13-16-36)34(2)3/h6-11,14,17-18,22H,12-13,15-16H2,2-5H3. The van der Waals surface area contributed by atoms with Crippen LogP contribution in [0.25, 0.3) is 32.9 Å². The molecule has 2 aromatic carbocycles. The normalized spacial score (nSPS) is 14.0. The molecule has 0 bridgehead atoms. The van der Waals surface area contributed by atoms with Crippen molar-refractivity contribution in [1.82, 2.24) is 19.3 Å². The minimum absolute atomic E-state index is 0.0984. The number of amides is 1. The summed E-state index contributed by atoms with van der Waals surface area (Å²) in [4.78, 5) is 31.0. The van der Waals surface area contributed by atoms with Gasteiger partial charge in [-0.25, -0.2) is 24.0 Å². The quantitative estimate of drug-likeness (QED) is 0.320. The van der Waals surface area contributed by atoms with Crippen LogP contribution in [0.1, 0.15) is 12.8 Å². The second kappa shape index (κ2) is 10.7. The number of hydrogen-bond acceptors (Lipinski definition) is 6. The zero-order chi connectivity index (χ0) is 27.7. The van der Waals surface area contributed by atoms with E-state index in [1.54, 1.807) is 30.5 Å². The number of fused-ring (bicyclic) bond motifs is 1. The molecule has 1 fully saturated rings. The van der Waals surface area contributed by atoms with Gasteiger partial charge in [0.25, 0.3) is 0 Å². The first-order valence-electron chi connectivity index (χ1n) is 12.7. The minimum atomic E-state index is -0.665. The van der Waals surface area contributed by atoms with Crippen molar-refractivity contribution in [3.05, 3.63) is 72.1 Å². The number of carbonyl (C=O) groups is 1. The van der Waals surface area contributed by atoms with Gasteiger partial charge in [-0.1, -0.05) is 30.3 Å². The lowest BCUT2D eigenvalue weighted by molar-refractivity contribution is 0.180. The summed E-state index contributed by atoms with van der Waals surface area (Å²) in [6.07, 6.45) is 4.96. The molecule has 0 N–H and O–H groups in total. The fourth-order valence-corrected chi connectivity index (χ4v) is 5.11. The number of rotatable bonds is 5. The van der Waals surface area contributed by atoms with E-state index in [4.69, 9.17) is 16.3 Å². The van der Waals surface area contributed by atoms with Gasteiger partial charge in [-0.2, -0.15) is 0 Å². The summed E-state index contributed by atoms with van der Waals surface area (Å²) in [5.74, 6) is 0.199. The Morgan fingerprint density at radius 1 is 1.10 bits per heavy atom. The molecule has 1 saturated heterocycles. The van der Waals surface area contributed by atoms with E-state index in [-0.39, 0.29) is 5.69 Å². The van der Waals surface area contributed by atoms with Crippen LogP contribution >= 0.6 is 0 Å². The molecule has 9 nitrogen and oxygen atoms in total. The fourth-order valence-electron chi connectivity index (χ4n) is 5.11. The molecule has 200 valence electrons. The summed E-state index contributed by atoms with van der Waals surface area (Å²) in [7, 11) is 6.93. The fraction of sp³-hybridized carbons (Fsp3) is 0.310. The zero-order valence-corrected chi connectivity index (χ0v) is 22.4. The molecule has 0 aliphatic carbocycles. The Morgan fingerprint density at radius 3 is 2.41 bits per heavy atom. The molecule has 10 heteroatoms. The number of methoxy groups -OCH3 is 1. The van der Waals surface area contributed by atoms with Crippen LogP contribution in [0.5, 0.6) is 0 Å². The Kier molecular flexibility index (Phi) is 7.17. The summed E-state index contributed by atoms with van der Waals surface area (Å²) < 4.78 is 22.1. The van der Waals surface area contributed by atoms with Gasteiger partial charge in [0.05, 0.1) is 30.6 Å². The molecule has 0 saturated carbocycles. The summed E-state index contributed by atoms with van der Waals surface area (Å²) in [5, 5.41) is 0. The third-order valence-corrected chi connectivity index (χ3v) is 7.32. The smallest absolute Gasteiger partial charge is 0.413 e. The van der Waals surface area contributed by atoms with Gasteiger partial charge in [0.15, 0.2) is 5.69 Å². The highest BCUT2D eigenvalue weighted by Gasteiger charge is 2.26. The summed E-state index contributed by atoms with van der Waals surface area (Å²) >= 11 is 0. The molecule has 1 aliphatic rings. The number of anilines is 2. The predicted octanol–water partition coefficient (Wildman–Crippen LogP) is 5.49. The van der Waals surface area contributed by atoms with Crippen molar-refractivity contribution < 1.29 is 13.9 Å². The largest absolute Gasteiger partial charge is 0.452 e. The van der Waals surface area contributed by atoms with Gasteiger partial charge in [0, 0.05) is 38.6 Å². The summed E-state index contributed by atoms with van der Waals surface area (Å²) in [6, 6.07) is 12.4. The van der Waals surface area contributed by atoms with Gasteiger partial charge in [0.2, 0.25) is 5.95 Å². The van der Waals surface area contributed by atoms with Crippen LogP contribution in [0.2, 0.25) is 0 Å². The Bertz CT molecular complexity index is 1550. The number of carbonyl (C=O) groups excluding carboxylic acids is 1. The van der Waals surface area contributed by atoms with Crippen molar-refractivity contribution in [2.45, 2.75) is 18.9 Å². The Labute approximate surface area is 226 Å². The lowest BCUT2D eigenvalue weighted by Gasteiger charge is -2.36. The topological polar surface area (TPSA) is 70.6 Å². The lowest BCUT2D eigenvalue weighted by Crippen LogP contribution is -2.43. The molecule has 1 amide bonds. The van der Waals surface area contributed by atoms with E-state index in [0.717, 1.165) is 42.3 Å². The van der Waals surface area contributed by atoms with Crippen molar-refractivity contribution in [3.63, 3.8) is 0 Å². The number of piperidine rings is 1. The van der Waals surface area contributed by atoms with Crippen LogP contribution in [0.3, 0.4) is 0 Å². The van der Waals surface area contributed by atoms with Crippen molar-refractivity contribution in [2.75, 3.05) is 51.1 Å². The van der Waals surface area contributed by atoms with Crippen molar-refractivity contribution in [3.8, 4) is 22.4 Å². The lowest BCUT2D eigenvalue weighted by atomic mass is 9.99. The third-order valence-electron chi connectivity index (χ3n) is 7.32. The number of ether oxygens (including phenoxy) is 1. The van der Waals surface area contributed by atoms with Crippen LogP contribution in [-0.2, 0) is 4.74 Å². The number of benzene rings is 2. The van der Waals surface area contributed by atoms with E-state index in [1.807, 2.05) is 22.7 Å². The number of halogens is 1. The zero-order valence-electron chi connectivity index (χ0n) is 22.4. The average molecular weight is 528 g/mol. The van der Waals surface area contributed by atoms with Gasteiger partial charge in [-0.15, -0.1) is 0 Å². The van der Waals surface area contributed by atoms with E-state index in [2.05, 4.69) is 33.7 Å². The van der Waals surface area contributed by atoms with E-state index in [9.17, 15) is 4.79 Å². The van der Waals surface area contributed by atoms with Gasteiger partial charge in [-0.05, 0) is 50.2 Å². The number of nitrogens with zero attached hydrogens (tertiary/aromatic N) is 7. The Balaban J connectivity index is 1.67. The molecule has 39 heavy (non-hydrogen) atoms. The molecule has 0 radical (unpaired) electrons. The molecular weight excluding hydrogens is 497 g/mol. The van der Waals surface area contributed by atoms with Gasteiger partial charge in [-0.3, -0.25) is 9.30 Å². The van der Waals surface area contributed by atoms with Crippen LogP contribution in [-0.4, -0.2) is 72.7 Å². The number of hydrogen-bond donors (Lipinski definition) is 0. The molecule has 4 aromatic rings. The van der Waals surface area contributed by atoms with Gasteiger partial charge in [0.1, 0.15) is 11.5 Å². The molecule has 0 spiro atoms. The predicted molar refractivity (Wildman–Crippen MR) is 150 cm³/mol. The van der Waals surface area contributed by atoms with Crippen LogP contribution in [0, 0.1) is 12.4 Å². The highest BCUT2D eigenvalue weighted by atomic mass is 19.1. The molecule has 0 atom stereocenters. The number of aromatic nitrogens is 3. The average Bonchev–Trinajstić information content (AvgIpc) is 3.45. The first-order chi connectivity index (χ1) is 18.8. The highest BCUT2D eigenvalue weighted by molar-refractivity contribution is 5.93. The SMILES string of the molecule is [C-]#[N+]c1ccc(-c2nc(N3CCC(N(C)C)CC3)n3ccnc3c2-c2ccc(N(C)C(=O)OC)c(F)c2)cc1. The van der Waals surface area contributed by atoms with E-state index in [0.29, 0.717) is 34.2 Å². The van der Waals surface area contributed by atoms with Gasteiger partial charge >= 0.3 is 6.09 Å². The maximum atomic E-state index is 15.4. The van der Waals surface area contributed by atoms with Crippen molar-refractivity contribution in [2.24, 2.45) is 0 Å². The summed E-state index contributed by atoms with van der Waals surface area (Å²) in [6.45, 7) is 9.02. The van der Waals surface area contributed by atoms with Gasteiger partial charge < -0.3 is 14.5 Å². The molecule has 1 aliphatic heterocycles. The van der Waals surface area contributed by atoms with E-state index < -0.39 is 11.9 Å². The second-order valence-corrected chi connectivity index (χ2v) is 9.79. The first-order valence-corrected chi connectivity index (χ1v) is 12.7. The maximum Gasteiger partial charge on any atom is 0.413 e. The molecular formula is C29H30FN7O2. The van der Waals surface area contributed by atoms with Crippen molar-refractivity contribution >= 4 is 29.1 Å². The Hall–Kier alpha value is -4.49. The second-order valence-electron chi connectivity index (χ2n) is 9.79. The molecule has 0 unspecified atom stereocenters. The number of imidazole rings is 1. The summed E-state index contributed by atoms with van der Waals surface area (Å²) in [5.41, 5.74) is 3.93. The Morgan fingerprint density at radius 2 is 1.79 bits per heavy atom. The monoisotopic (exact) mass is 527 g/mol. The van der Waals surface area contributed by atoms with Crippen molar-refractivity contribution in [1.29, 1.82) is 0 Å². The van der Waals surface area contributed by atoms with E-state index >= 15 is 4.39 Å². The highest BCUT2D eigenvalue weighted by Crippen LogP contribution is 2.38. The van der Waals surface area contributed by atoms with Crippen LogP contribution in [0.4, 0.5) is 26.5 Å². The van der Waals surface area contributed by atoms with Crippen LogP contribution < -0.4 is 9.80 Å². The minimum Gasteiger partial charge on any atom is -0.452 e. The maximum absolute atomic E-state index is 15.4.